The molecule has 2 aliphatic rings. The second-order valence-electron chi connectivity index (χ2n) is 10.4. The molecule has 2 unspecified atom stereocenters. The number of benzene rings is 1. The number of ether oxygens (including phenoxy) is 3. The number of rotatable bonds is 7. The molecule has 0 spiro atoms. The second-order valence-corrected chi connectivity index (χ2v) is 10.4. The van der Waals surface area contributed by atoms with Crippen molar-refractivity contribution in [3.8, 4) is 0 Å². The molecule has 0 aliphatic carbocycles. The number of nitrogens with one attached hydrogen (secondary N) is 1. The Bertz CT molecular complexity index is 804. The molecule has 3 amide bonds. The third-order valence-electron chi connectivity index (χ3n) is 6.07. The van der Waals surface area contributed by atoms with E-state index in [0.717, 1.165) is 43.5 Å². The Morgan fingerprint density at radius 1 is 1.21 bits per heavy atom. The van der Waals surface area contributed by atoms with Crippen LogP contribution >= 0.6 is 0 Å². The molecule has 2 saturated heterocycles. The SMILES string of the molecule is CN(CC1CCCN(C(=O)Nc2cccc(COCC3CCCCO3)c2)C1)C(=O)OC(C)(C)C. The smallest absolute Gasteiger partial charge is 0.410 e. The summed E-state index contributed by atoms with van der Waals surface area (Å²) in [4.78, 5) is 28.6. The Morgan fingerprint density at radius 3 is 2.76 bits per heavy atom. The third-order valence-corrected chi connectivity index (χ3v) is 6.07. The molecule has 0 aromatic heterocycles. The van der Waals surface area contributed by atoms with Crippen molar-refractivity contribution in [2.75, 3.05) is 45.2 Å². The average molecular weight is 476 g/mol. The predicted octanol–water partition coefficient (Wildman–Crippen LogP) is 4.88. The number of hydrogen-bond donors (Lipinski definition) is 1. The number of anilines is 1. The van der Waals surface area contributed by atoms with Gasteiger partial charge in [-0.1, -0.05) is 12.1 Å². The fourth-order valence-corrected chi connectivity index (χ4v) is 4.39. The van der Waals surface area contributed by atoms with E-state index < -0.39 is 5.60 Å². The molecular weight excluding hydrogens is 434 g/mol. The summed E-state index contributed by atoms with van der Waals surface area (Å²) < 4.78 is 17.0. The van der Waals surface area contributed by atoms with Gasteiger partial charge in [-0.15, -0.1) is 0 Å². The zero-order chi connectivity index (χ0) is 24.6. The molecule has 0 radical (unpaired) electrons. The highest BCUT2D eigenvalue weighted by Crippen LogP contribution is 2.21. The number of amides is 3. The summed E-state index contributed by atoms with van der Waals surface area (Å²) in [7, 11) is 1.75. The molecule has 3 rings (SSSR count). The number of likely N-dealkylation sites (tertiary alicyclic amines) is 1. The molecule has 190 valence electrons. The molecule has 34 heavy (non-hydrogen) atoms. The van der Waals surface area contributed by atoms with E-state index in [1.807, 2.05) is 49.9 Å². The van der Waals surface area contributed by atoms with Gasteiger partial charge >= 0.3 is 12.1 Å². The number of nitrogens with zero attached hydrogens (tertiary/aromatic N) is 2. The van der Waals surface area contributed by atoms with Gasteiger partial charge in [0.15, 0.2) is 0 Å². The zero-order valence-electron chi connectivity index (χ0n) is 21.2. The van der Waals surface area contributed by atoms with Crippen molar-refractivity contribution in [1.29, 1.82) is 0 Å². The maximum atomic E-state index is 12.9. The molecule has 2 aliphatic heterocycles. The molecule has 1 aromatic carbocycles. The van der Waals surface area contributed by atoms with Crippen LogP contribution in [0.15, 0.2) is 24.3 Å². The number of carbonyl (C=O) groups excluding carboxylic acids is 2. The first-order valence-corrected chi connectivity index (χ1v) is 12.5. The summed E-state index contributed by atoms with van der Waals surface area (Å²) in [5.41, 5.74) is 1.25. The van der Waals surface area contributed by atoms with E-state index in [-0.39, 0.29) is 24.1 Å². The van der Waals surface area contributed by atoms with Crippen molar-refractivity contribution in [1.82, 2.24) is 9.80 Å². The number of urea groups is 1. The number of carbonyl (C=O) groups is 2. The van der Waals surface area contributed by atoms with Crippen LogP contribution in [0.1, 0.15) is 58.4 Å². The fraction of sp³-hybridized carbons (Fsp3) is 0.692. The van der Waals surface area contributed by atoms with E-state index >= 15 is 0 Å². The van der Waals surface area contributed by atoms with Crippen LogP contribution < -0.4 is 5.32 Å². The highest BCUT2D eigenvalue weighted by Gasteiger charge is 2.27. The second kappa shape index (κ2) is 12.4. The summed E-state index contributed by atoms with van der Waals surface area (Å²) in [6.45, 7) is 9.38. The lowest BCUT2D eigenvalue weighted by molar-refractivity contribution is -0.0447. The topological polar surface area (TPSA) is 80.3 Å². The quantitative estimate of drug-likeness (QED) is 0.608. The highest BCUT2D eigenvalue weighted by molar-refractivity contribution is 5.89. The zero-order valence-corrected chi connectivity index (χ0v) is 21.2. The first-order valence-electron chi connectivity index (χ1n) is 12.5. The van der Waals surface area contributed by atoms with Gasteiger partial charge in [-0.05, 0) is 76.5 Å². The minimum atomic E-state index is -0.521. The van der Waals surface area contributed by atoms with Gasteiger partial charge in [0.2, 0.25) is 0 Å². The van der Waals surface area contributed by atoms with Crippen LogP contribution in [0.2, 0.25) is 0 Å². The molecule has 2 heterocycles. The van der Waals surface area contributed by atoms with Crippen LogP contribution in [0, 0.1) is 5.92 Å². The van der Waals surface area contributed by atoms with Crippen molar-refractivity contribution in [2.45, 2.75) is 71.2 Å². The summed E-state index contributed by atoms with van der Waals surface area (Å²) in [6.07, 6.45) is 5.15. The van der Waals surface area contributed by atoms with Crippen LogP contribution in [0.5, 0.6) is 0 Å². The van der Waals surface area contributed by atoms with Gasteiger partial charge in [-0.3, -0.25) is 0 Å². The predicted molar refractivity (Wildman–Crippen MR) is 132 cm³/mol. The molecule has 2 atom stereocenters. The van der Waals surface area contributed by atoms with Gasteiger partial charge in [-0.2, -0.15) is 0 Å². The molecule has 2 fully saturated rings. The summed E-state index contributed by atoms with van der Waals surface area (Å²) in [6, 6.07) is 7.67. The van der Waals surface area contributed by atoms with Gasteiger partial charge in [0.1, 0.15) is 5.60 Å². The lowest BCUT2D eigenvalue weighted by Gasteiger charge is -2.35. The van der Waals surface area contributed by atoms with E-state index in [4.69, 9.17) is 14.2 Å². The van der Waals surface area contributed by atoms with Crippen molar-refractivity contribution in [3.05, 3.63) is 29.8 Å². The average Bonchev–Trinajstić information content (AvgIpc) is 2.79. The Morgan fingerprint density at radius 2 is 2.03 bits per heavy atom. The minimum Gasteiger partial charge on any atom is -0.444 e. The maximum Gasteiger partial charge on any atom is 0.410 e. The van der Waals surface area contributed by atoms with Crippen LogP contribution in [0.25, 0.3) is 0 Å². The molecule has 1 aromatic rings. The Balaban J connectivity index is 1.45. The standard InChI is InChI=1S/C26H41N3O5/c1-26(2,3)34-25(31)28(4)16-21-10-8-13-29(17-21)24(30)27-22-11-7-9-20(15-22)18-32-19-23-12-5-6-14-33-23/h7,9,11,15,21,23H,5-6,8,10,12-14,16-19H2,1-4H3,(H,27,30). The molecule has 8 heteroatoms. The first kappa shape index (κ1) is 26.3. The van der Waals surface area contributed by atoms with Crippen molar-refractivity contribution >= 4 is 17.8 Å². The van der Waals surface area contributed by atoms with E-state index in [1.165, 1.54) is 6.42 Å². The van der Waals surface area contributed by atoms with Crippen LogP contribution in [0.4, 0.5) is 15.3 Å². The summed E-state index contributed by atoms with van der Waals surface area (Å²) in [5.74, 6) is 0.221. The van der Waals surface area contributed by atoms with Gasteiger partial charge in [-0.25, -0.2) is 9.59 Å². The van der Waals surface area contributed by atoms with E-state index in [0.29, 0.717) is 32.8 Å². The fourth-order valence-electron chi connectivity index (χ4n) is 4.39. The first-order chi connectivity index (χ1) is 16.2. The minimum absolute atomic E-state index is 0.113. The van der Waals surface area contributed by atoms with Crippen molar-refractivity contribution in [2.24, 2.45) is 5.92 Å². The monoisotopic (exact) mass is 475 g/mol. The number of piperidine rings is 1. The molecule has 1 N–H and O–H groups in total. The Labute approximate surface area is 203 Å². The lowest BCUT2D eigenvalue weighted by Crippen LogP contribution is -2.46. The largest absolute Gasteiger partial charge is 0.444 e. The maximum absolute atomic E-state index is 12.9. The van der Waals surface area contributed by atoms with Gasteiger partial charge in [0, 0.05) is 39.0 Å². The Kier molecular flexibility index (Phi) is 9.59. The molecule has 8 nitrogen and oxygen atoms in total. The molecular formula is C26H41N3O5. The van der Waals surface area contributed by atoms with Gasteiger partial charge in [0.05, 0.1) is 19.3 Å². The van der Waals surface area contributed by atoms with E-state index in [2.05, 4.69) is 5.32 Å². The van der Waals surface area contributed by atoms with Crippen molar-refractivity contribution in [3.63, 3.8) is 0 Å². The van der Waals surface area contributed by atoms with Gasteiger partial charge in [0.25, 0.3) is 0 Å². The third kappa shape index (κ3) is 8.80. The van der Waals surface area contributed by atoms with Gasteiger partial charge < -0.3 is 29.3 Å². The molecule has 0 saturated carbocycles. The van der Waals surface area contributed by atoms with Crippen LogP contribution in [-0.4, -0.2) is 73.5 Å². The van der Waals surface area contributed by atoms with Crippen LogP contribution in [-0.2, 0) is 20.8 Å². The summed E-state index contributed by atoms with van der Waals surface area (Å²) >= 11 is 0. The molecule has 0 bridgehead atoms. The normalized spacial score (nSPS) is 21.1. The van der Waals surface area contributed by atoms with E-state index in [1.54, 1.807) is 11.9 Å². The lowest BCUT2D eigenvalue weighted by atomic mass is 9.98. The van der Waals surface area contributed by atoms with E-state index in [9.17, 15) is 9.59 Å². The number of hydrogen-bond acceptors (Lipinski definition) is 5. The summed E-state index contributed by atoms with van der Waals surface area (Å²) in [5, 5.41) is 3.02. The van der Waals surface area contributed by atoms with Crippen LogP contribution in [0.3, 0.4) is 0 Å². The Hall–Kier alpha value is -2.32. The van der Waals surface area contributed by atoms with Crippen molar-refractivity contribution < 1.29 is 23.8 Å². The highest BCUT2D eigenvalue weighted by atomic mass is 16.6.